The fraction of sp³-hybridized carbons (Fsp3) is 0. The number of hydrazone groups is 1. The average molecular weight is 373 g/mol. The predicted octanol–water partition coefficient (Wildman–Crippen LogP) is 5.02. The molecule has 3 aromatic rings. The summed E-state index contributed by atoms with van der Waals surface area (Å²) in [5.74, 6) is 0. The maximum Gasteiger partial charge on any atom is 0.324 e. The molecule has 2 aromatic heterocycles. The van der Waals surface area contributed by atoms with Crippen LogP contribution in [0.25, 0.3) is 10.2 Å². The van der Waals surface area contributed by atoms with Gasteiger partial charge in [-0.3, -0.25) is 15.5 Å². The Labute approximate surface area is 142 Å². The van der Waals surface area contributed by atoms with Gasteiger partial charge in [-0.2, -0.15) is 5.10 Å². The lowest BCUT2D eigenvalue weighted by Crippen LogP contribution is -1.87. The minimum absolute atomic E-state index is 0.0721. The summed E-state index contributed by atoms with van der Waals surface area (Å²) in [5, 5.41) is 16.3. The first kappa shape index (κ1) is 15.2. The molecule has 0 amide bonds. The molecule has 1 aromatic carbocycles. The summed E-state index contributed by atoms with van der Waals surface area (Å²) in [7, 11) is 0. The number of benzene rings is 1. The van der Waals surface area contributed by atoms with E-state index in [-0.39, 0.29) is 5.00 Å². The predicted molar refractivity (Wildman–Crippen MR) is 91.8 cm³/mol. The highest BCUT2D eigenvalue weighted by molar-refractivity contribution is 7.22. The standard InChI is InChI=1S/C12H6Cl2N4O2S2/c13-6-3-8(14)11-9(4-6)22-12(16-11)17-15-5-7-1-2-10(21-7)18(19)20/h1-5H,(H,16,17)/b15-5-. The van der Waals surface area contributed by atoms with Crippen molar-refractivity contribution in [2.24, 2.45) is 5.10 Å². The van der Waals surface area contributed by atoms with Gasteiger partial charge in [-0.05, 0) is 18.2 Å². The Morgan fingerprint density at radius 1 is 1.32 bits per heavy atom. The largest absolute Gasteiger partial charge is 0.324 e. The van der Waals surface area contributed by atoms with E-state index in [0.717, 1.165) is 16.0 Å². The van der Waals surface area contributed by atoms with E-state index >= 15 is 0 Å². The molecule has 3 rings (SSSR count). The van der Waals surface area contributed by atoms with Crippen molar-refractivity contribution in [1.29, 1.82) is 0 Å². The van der Waals surface area contributed by atoms with Crippen LogP contribution in [0.3, 0.4) is 0 Å². The van der Waals surface area contributed by atoms with E-state index in [0.29, 0.717) is 25.6 Å². The van der Waals surface area contributed by atoms with E-state index in [4.69, 9.17) is 23.2 Å². The van der Waals surface area contributed by atoms with E-state index in [1.54, 1.807) is 18.2 Å². The summed E-state index contributed by atoms with van der Waals surface area (Å²) in [6.45, 7) is 0. The van der Waals surface area contributed by atoms with E-state index in [2.05, 4.69) is 15.5 Å². The van der Waals surface area contributed by atoms with Crippen LogP contribution in [0.1, 0.15) is 4.88 Å². The van der Waals surface area contributed by atoms with Crippen molar-refractivity contribution < 1.29 is 4.92 Å². The van der Waals surface area contributed by atoms with Gasteiger partial charge in [0, 0.05) is 11.1 Å². The number of hydrogen-bond donors (Lipinski definition) is 1. The SMILES string of the molecule is O=[N+]([O-])c1ccc(/C=N\Nc2nc3c(Cl)cc(Cl)cc3s2)s1. The van der Waals surface area contributed by atoms with Gasteiger partial charge < -0.3 is 0 Å². The van der Waals surface area contributed by atoms with Crippen LogP contribution in [0.2, 0.25) is 10.0 Å². The highest BCUT2D eigenvalue weighted by Crippen LogP contribution is 2.33. The number of hydrogen-bond acceptors (Lipinski definition) is 7. The zero-order valence-electron chi connectivity index (χ0n) is 10.6. The first-order valence-corrected chi connectivity index (χ1v) is 8.21. The van der Waals surface area contributed by atoms with Gasteiger partial charge in [0.25, 0.3) is 0 Å². The Morgan fingerprint density at radius 3 is 2.86 bits per heavy atom. The number of thiophene rings is 1. The van der Waals surface area contributed by atoms with Crippen LogP contribution >= 0.6 is 45.9 Å². The Kier molecular flexibility index (Phi) is 4.25. The summed E-state index contributed by atoms with van der Waals surface area (Å²) < 4.78 is 0.849. The summed E-state index contributed by atoms with van der Waals surface area (Å²) in [6, 6.07) is 6.47. The summed E-state index contributed by atoms with van der Waals surface area (Å²) in [5.41, 5.74) is 3.43. The van der Waals surface area contributed by atoms with Gasteiger partial charge in [0.05, 0.1) is 25.7 Å². The second kappa shape index (κ2) is 6.17. The number of nitrogens with zero attached hydrogens (tertiary/aromatic N) is 3. The van der Waals surface area contributed by atoms with Crippen molar-refractivity contribution in [1.82, 2.24) is 4.98 Å². The molecular weight excluding hydrogens is 367 g/mol. The van der Waals surface area contributed by atoms with Gasteiger partial charge in [0.15, 0.2) is 0 Å². The quantitative estimate of drug-likeness (QED) is 0.396. The molecule has 0 bridgehead atoms. The van der Waals surface area contributed by atoms with Crippen LogP contribution in [-0.4, -0.2) is 16.1 Å². The van der Waals surface area contributed by atoms with Crippen LogP contribution < -0.4 is 5.43 Å². The van der Waals surface area contributed by atoms with Crippen LogP contribution in [0.4, 0.5) is 10.1 Å². The topological polar surface area (TPSA) is 80.4 Å². The minimum atomic E-state index is -0.436. The van der Waals surface area contributed by atoms with Crippen LogP contribution in [0.5, 0.6) is 0 Å². The lowest BCUT2D eigenvalue weighted by atomic mass is 10.3. The Hall–Kier alpha value is -1.74. The Morgan fingerprint density at radius 2 is 2.14 bits per heavy atom. The van der Waals surface area contributed by atoms with E-state index < -0.39 is 4.92 Å². The van der Waals surface area contributed by atoms with Crippen LogP contribution in [-0.2, 0) is 0 Å². The van der Waals surface area contributed by atoms with Crippen molar-refractivity contribution in [2.75, 3.05) is 5.43 Å². The highest BCUT2D eigenvalue weighted by atomic mass is 35.5. The van der Waals surface area contributed by atoms with Gasteiger partial charge in [0.2, 0.25) is 5.13 Å². The highest BCUT2D eigenvalue weighted by Gasteiger charge is 2.09. The third-order valence-corrected chi connectivity index (χ3v) is 4.94. The molecule has 22 heavy (non-hydrogen) atoms. The van der Waals surface area contributed by atoms with Gasteiger partial charge in [-0.25, -0.2) is 4.98 Å². The summed E-state index contributed by atoms with van der Waals surface area (Å²) >= 11 is 14.4. The average Bonchev–Trinajstić information content (AvgIpc) is 3.05. The fourth-order valence-corrected chi connectivity index (χ4v) is 3.90. The number of halogens is 2. The van der Waals surface area contributed by atoms with Crippen molar-refractivity contribution in [3.05, 3.63) is 49.3 Å². The molecule has 6 nitrogen and oxygen atoms in total. The maximum absolute atomic E-state index is 10.6. The number of fused-ring (bicyclic) bond motifs is 1. The van der Waals surface area contributed by atoms with Crippen LogP contribution in [0.15, 0.2) is 29.4 Å². The molecule has 0 aliphatic heterocycles. The van der Waals surface area contributed by atoms with Gasteiger partial charge in [0.1, 0.15) is 5.52 Å². The van der Waals surface area contributed by atoms with Crippen molar-refractivity contribution in [3.63, 3.8) is 0 Å². The first-order valence-electron chi connectivity index (χ1n) is 5.82. The van der Waals surface area contributed by atoms with Crippen molar-refractivity contribution in [2.45, 2.75) is 0 Å². The van der Waals surface area contributed by atoms with E-state index in [9.17, 15) is 10.1 Å². The molecule has 0 radical (unpaired) electrons. The lowest BCUT2D eigenvalue weighted by Gasteiger charge is -1.92. The molecule has 2 heterocycles. The van der Waals surface area contributed by atoms with E-state index in [1.165, 1.54) is 23.6 Å². The Balaban J connectivity index is 1.77. The lowest BCUT2D eigenvalue weighted by molar-refractivity contribution is -0.380. The van der Waals surface area contributed by atoms with Crippen LogP contribution in [0, 0.1) is 10.1 Å². The molecule has 0 saturated carbocycles. The third-order valence-electron chi connectivity index (χ3n) is 2.56. The zero-order valence-corrected chi connectivity index (χ0v) is 13.8. The van der Waals surface area contributed by atoms with Gasteiger partial charge >= 0.3 is 5.00 Å². The minimum Gasteiger partial charge on any atom is -0.258 e. The molecule has 0 unspecified atom stereocenters. The monoisotopic (exact) mass is 372 g/mol. The molecule has 0 fully saturated rings. The molecule has 112 valence electrons. The van der Waals surface area contributed by atoms with Crippen molar-refractivity contribution >= 4 is 72.4 Å². The summed E-state index contributed by atoms with van der Waals surface area (Å²) in [6.07, 6.45) is 1.50. The van der Waals surface area contributed by atoms with E-state index in [1.807, 2.05) is 0 Å². The third kappa shape index (κ3) is 3.20. The maximum atomic E-state index is 10.6. The molecule has 1 N–H and O–H groups in total. The molecule has 0 atom stereocenters. The molecule has 0 aliphatic rings. The number of aromatic nitrogens is 1. The number of thiazole rings is 1. The smallest absolute Gasteiger partial charge is 0.258 e. The molecule has 0 saturated heterocycles. The molecule has 0 aliphatic carbocycles. The van der Waals surface area contributed by atoms with Gasteiger partial charge in [-0.15, -0.1) is 0 Å². The molecule has 10 heteroatoms. The molecule has 0 spiro atoms. The number of anilines is 1. The fourth-order valence-electron chi connectivity index (χ4n) is 1.67. The van der Waals surface area contributed by atoms with Crippen molar-refractivity contribution in [3.8, 4) is 0 Å². The number of nitrogens with one attached hydrogen (secondary N) is 1. The number of nitro groups is 1. The molecular formula is C12H6Cl2N4O2S2. The first-order chi connectivity index (χ1) is 10.5. The normalized spacial score (nSPS) is 11.4. The van der Waals surface area contributed by atoms with Gasteiger partial charge in [-0.1, -0.05) is 45.9 Å². The number of rotatable bonds is 4. The summed E-state index contributed by atoms with van der Waals surface area (Å²) in [4.78, 5) is 15.1. The zero-order chi connectivity index (χ0) is 15.7. The second-order valence-electron chi connectivity index (χ2n) is 4.06. The second-order valence-corrected chi connectivity index (χ2v) is 7.02. The Bertz CT molecular complexity index is 891.